The van der Waals surface area contributed by atoms with Gasteiger partial charge in [0.2, 0.25) is 5.69 Å². The first kappa shape index (κ1) is 19.8. The summed E-state index contributed by atoms with van der Waals surface area (Å²) in [6, 6.07) is 9.90. The third kappa shape index (κ3) is 4.58. The van der Waals surface area contributed by atoms with Crippen LogP contribution in [-0.2, 0) is 10.2 Å². The number of carbonyl (C=O) groups is 1. The maximum absolute atomic E-state index is 12.8. The minimum atomic E-state index is -0.485. The minimum absolute atomic E-state index is 0.300. The second kappa shape index (κ2) is 8.76. The van der Waals surface area contributed by atoms with Gasteiger partial charge in [0.1, 0.15) is 5.78 Å². The van der Waals surface area contributed by atoms with Gasteiger partial charge in [-0.15, -0.1) is 0 Å². The van der Waals surface area contributed by atoms with E-state index in [-0.39, 0.29) is 0 Å². The van der Waals surface area contributed by atoms with E-state index in [1.165, 1.54) is 0 Å². The van der Waals surface area contributed by atoms with Crippen LogP contribution in [0.15, 0.2) is 42.7 Å². The standard InChI is InChI=1S/C23H28N2O/c1-6-17(7-2)8-13-22(26)23(3,4)20-11-9-18(10-12-20)19-14-21(24-5)16-25-15-19/h9-12,14-17H,6-8,13H2,1-4H3. The number of hydrogen-bond acceptors (Lipinski definition) is 2. The lowest BCUT2D eigenvalue weighted by Gasteiger charge is -2.25. The number of rotatable bonds is 8. The Balaban J connectivity index is 2.15. The smallest absolute Gasteiger partial charge is 0.205 e. The van der Waals surface area contributed by atoms with Crippen molar-refractivity contribution >= 4 is 11.5 Å². The van der Waals surface area contributed by atoms with E-state index < -0.39 is 5.41 Å². The molecule has 0 aliphatic heterocycles. The highest BCUT2D eigenvalue weighted by molar-refractivity contribution is 5.89. The molecule has 0 aliphatic carbocycles. The van der Waals surface area contributed by atoms with Crippen molar-refractivity contribution in [3.05, 3.63) is 59.7 Å². The van der Waals surface area contributed by atoms with Crippen molar-refractivity contribution in [1.29, 1.82) is 0 Å². The van der Waals surface area contributed by atoms with Gasteiger partial charge in [0.25, 0.3) is 0 Å². The van der Waals surface area contributed by atoms with Crippen LogP contribution in [0.3, 0.4) is 0 Å². The molecule has 0 bridgehead atoms. The summed E-state index contributed by atoms with van der Waals surface area (Å²) in [4.78, 5) is 20.3. The molecule has 0 unspecified atom stereocenters. The summed E-state index contributed by atoms with van der Waals surface area (Å²) in [5.41, 5.74) is 3.00. The average Bonchev–Trinajstić information content (AvgIpc) is 2.68. The van der Waals surface area contributed by atoms with Crippen molar-refractivity contribution < 1.29 is 4.79 Å². The van der Waals surface area contributed by atoms with Gasteiger partial charge in [-0.3, -0.25) is 9.78 Å². The molecular weight excluding hydrogens is 320 g/mol. The second-order valence-corrected chi connectivity index (χ2v) is 7.39. The zero-order valence-corrected chi connectivity index (χ0v) is 16.2. The molecule has 1 heterocycles. The van der Waals surface area contributed by atoms with E-state index in [4.69, 9.17) is 6.57 Å². The highest BCUT2D eigenvalue weighted by Gasteiger charge is 2.29. The van der Waals surface area contributed by atoms with Crippen molar-refractivity contribution in [1.82, 2.24) is 4.98 Å². The highest BCUT2D eigenvalue weighted by atomic mass is 16.1. The molecule has 0 saturated heterocycles. The topological polar surface area (TPSA) is 34.3 Å². The Labute approximate surface area is 157 Å². The molecule has 0 saturated carbocycles. The lowest BCUT2D eigenvalue weighted by Crippen LogP contribution is -2.29. The summed E-state index contributed by atoms with van der Waals surface area (Å²) in [6.07, 6.45) is 7.20. The molecule has 0 atom stereocenters. The molecule has 136 valence electrons. The Morgan fingerprint density at radius 2 is 1.77 bits per heavy atom. The maximum atomic E-state index is 12.8. The van der Waals surface area contributed by atoms with Gasteiger partial charge in [-0.1, -0.05) is 51.0 Å². The van der Waals surface area contributed by atoms with E-state index in [1.807, 2.05) is 44.2 Å². The molecule has 0 spiro atoms. The van der Waals surface area contributed by atoms with Gasteiger partial charge in [-0.05, 0) is 48.9 Å². The number of benzene rings is 1. The summed E-state index contributed by atoms with van der Waals surface area (Å²) < 4.78 is 0. The first-order valence-corrected chi connectivity index (χ1v) is 9.39. The van der Waals surface area contributed by atoms with Crippen LogP contribution in [-0.4, -0.2) is 10.8 Å². The van der Waals surface area contributed by atoms with Crippen LogP contribution in [0.25, 0.3) is 16.0 Å². The summed E-state index contributed by atoms with van der Waals surface area (Å²) in [5, 5.41) is 0. The normalized spacial score (nSPS) is 11.4. The predicted octanol–water partition coefficient (Wildman–Crippen LogP) is 6.36. The number of pyridine rings is 1. The molecule has 0 amide bonds. The first-order chi connectivity index (χ1) is 12.4. The van der Waals surface area contributed by atoms with E-state index >= 15 is 0 Å². The molecule has 3 heteroatoms. The fraction of sp³-hybridized carbons (Fsp3) is 0.435. The molecule has 0 N–H and O–H groups in total. The maximum Gasteiger partial charge on any atom is 0.205 e. The van der Waals surface area contributed by atoms with Gasteiger partial charge in [0.05, 0.1) is 6.57 Å². The van der Waals surface area contributed by atoms with Crippen LogP contribution < -0.4 is 0 Å². The third-order valence-electron chi connectivity index (χ3n) is 5.42. The molecule has 2 rings (SSSR count). The van der Waals surface area contributed by atoms with Gasteiger partial charge in [-0.25, -0.2) is 4.85 Å². The molecule has 0 radical (unpaired) electrons. The molecular formula is C23H28N2O. The molecule has 1 aromatic heterocycles. The number of hydrogen-bond donors (Lipinski definition) is 0. The number of ketones is 1. The lowest BCUT2D eigenvalue weighted by molar-refractivity contribution is -0.123. The van der Waals surface area contributed by atoms with Crippen molar-refractivity contribution in [2.45, 2.75) is 58.8 Å². The van der Waals surface area contributed by atoms with Gasteiger partial charge < -0.3 is 0 Å². The van der Waals surface area contributed by atoms with Crippen molar-refractivity contribution in [3.8, 4) is 11.1 Å². The minimum Gasteiger partial charge on any atom is -0.299 e. The number of Topliss-reactive ketones (excluding diaryl/α,β-unsaturated/α-hetero) is 1. The van der Waals surface area contributed by atoms with Crippen molar-refractivity contribution in [3.63, 3.8) is 0 Å². The van der Waals surface area contributed by atoms with Gasteiger partial charge >= 0.3 is 0 Å². The van der Waals surface area contributed by atoms with Gasteiger partial charge in [-0.2, -0.15) is 0 Å². The summed E-state index contributed by atoms with van der Waals surface area (Å²) in [5.74, 6) is 0.938. The zero-order valence-electron chi connectivity index (χ0n) is 16.2. The number of aromatic nitrogens is 1. The Kier molecular flexibility index (Phi) is 6.69. The monoisotopic (exact) mass is 348 g/mol. The van der Waals surface area contributed by atoms with E-state index in [0.29, 0.717) is 23.8 Å². The zero-order chi connectivity index (χ0) is 19.2. The fourth-order valence-corrected chi connectivity index (χ4v) is 3.23. The van der Waals surface area contributed by atoms with Crippen molar-refractivity contribution in [2.24, 2.45) is 5.92 Å². The summed E-state index contributed by atoms with van der Waals surface area (Å²) in [6.45, 7) is 15.5. The van der Waals surface area contributed by atoms with E-state index in [2.05, 4.69) is 23.7 Å². The Morgan fingerprint density at radius 3 is 2.35 bits per heavy atom. The Bertz CT molecular complexity index is 781. The van der Waals surface area contributed by atoms with Crippen LogP contribution in [0.2, 0.25) is 0 Å². The van der Waals surface area contributed by atoms with E-state index in [1.54, 1.807) is 12.4 Å². The largest absolute Gasteiger partial charge is 0.299 e. The molecule has 0 fully saturated rings. The fourth-order valence-electron chi connectivity index (χ4n) is 3.23. The molecule has 2 aromatic rings. The third-order valence-corrected chi connectivity index (χ3v) is 5.42. The number of carbonyl (C=O) groups excluding carboxylic acids is 1. The van der Waals surface area contributed by atoms with E-state index in [9.17, 15) is 4.79 Å². The van der Waals surface area contributed by atoms with Gasteiger partial charge in [0, 0.05) is 24.2 Å². The molecule has 0 aliphatic rings. The van der Waals surface area contributed by atoms with Gasteiger partial charge in [0.15, 0.2) is 0 Å². The highest BCUT2D eigenvalue weighted by Crippen LogP contribution is 2.30. The lowest BCUT2D eigenvalue weighted by atomic mass is 9.77. The van der Waals surface area contributed by atoms with Crippen molar-refractivity contribution in [2.75, 3.05) is 0 Å². The quantitative estimate of drug-likeness (QED) is 0.520. The van der Waals surface area contributed by atoms with E-state index in [0.717, 1.165) is 36.0 Å². The second-order valence-electron chi connectivity index (χ2n) is 7.39. The average molecular weight is 348 g/mol. The Morgan fingerprint density at radius 1 is 1.12 bits per heavy atom. The van der Waals surface area contributed by atoms with Crippen LogP contribution in [0.4, 0.5) is 5.69 Å². The van der Waals surface area contributed by atoms with Crippen LogP contribution in [0, 0.1) is 12.5 Å². The number of nitrogens with zero attached hydrogens (tertiary/aromatic N) is 2. The predicted molar refractivity (Wildman–Crippen MR) is 107 cm³/mol. The summed E-state index contributed by atoms with van der Waals surface area (Å²) in [7, 11) is 0. The van der Waals surface area contributed by atoms with Crippen LogP contribution in [0.5, 0.6) is 0 Å². The van der Waals surface area contributed by atoms with Crippen LogP contribution >= 0.6 is 0 Å². The molecule has 26 heavy (non-hydrogen) atoms. The molecule has 1 aromatic carbocycles. The molecule has 3 nitrogen and oxygen atoms in total. The van der Waals surface area contributed by atoms with Crippen LogP contribution in [0.1, 0.15) is 58.9 Å². The SMILES string of the molecule is [C-]#[N+]c1cncc(-c2ccc(C(C)(C)C(=O)CCC(CC)CC)cc2)c1. The first-order valence-electron chi connectivity index (χ1n) is 9.39. The Hall–Kier alpha value is -2.47. The summed E-state index contributed by atoms with van der Waals surface area (Å²) >= 11 is 0.